The van der Waals surface area contributed by atoms with E-state index >= 15 is 0 Å². The predicted octanol–water partition coefficient (Wildman–Crippen LogP) is 2.50. The molecular formula is C22H29N3O4S. The Bertz CT molecular complexity index is 953. The lowest BCUT2D eigenvalue weighted by Gasteiger charge is -2.36. The van der Waals surface area contributed by atoms with Crippen LogP contribution in [0.3, 0.4) is 0 Å². The molecule has 1 amide bonds. The van der Waals surface area contributed by atoms with Crippen LogP contribution in [0.2, 0.25) is 0 Å². The van der Waals surface area contributed by atoms with Crippen LogP contribution in [0, 0.1) is 0 Å². The van der Waals surface area contributed by atoms with Crippen LogP contribution < -0.4 is 10.2 Å². The van der Waals surface area contributed by atoms with E-state index in [1.54, 1.807) is 0 Å². The number of sulfone groups is 1. The van der Waals surface area contributed by atoms with Crippen LogP contribution >= 0.6 is 0 Å². The molecule has 162 valence electrons. The number of likely N-dealkylation sites (N-methyl/N-ethyl adjacent to an activating group) is 1. The summed E-state index contributed by atoms with van der Waals surface area (Å²) in [6.07, 6.45) is 0. The highest BCUT2D eigenvalue weighted by molar-refractivity contribution is 7.91. The fourth-order valence-corrected chi connectivity index (χ4v) is 4.65. The highest BCUT2D eigenvalue weighted by Gasteiger charge is 2.20. The number of para-hydroxylation sites is 2. The smallest absolute Gasteiger partial charge is 0.255 e. The maximum Gasteiger partial charge on any atom is 0.255 e. The number of methoxy groups -OCH3 is 1. The maximum absolute atomic E-state index is 12.8. The van der Waals surface area contributed by atoms with Crippen molar-refractivity contribution in [2.24, 2.45) is 0 Å². The van der Waals surface area contributed by atoms with Crippen LogP contribution in [0.1, 0.15) is 17.3 Å². The van der Waals surface area contributed by atoms with Crippen LogP contribution in [0.15, 0.2) is 53.4 Å². The Labute approximate surface area is 178 Å². The number of piperazine rings is 1. The Morgan fingerprint density at radius 3 is 2.33 bits per heavy atom. The zero-order valence-electron chi connectivity index (χ0n) is 17.5. The molecule has 0 unspecified atom stereocenters. The quantitative estimate of drug-likeness (QED) is 0.692. The van der Waals surface area contributed by atoms with Crippen molar-refractivity contribution in [2.45, 2.75) is 11.8 Å². The predicted molar refractivity (Wildman–Crippen MR) is 119 cm³/mol. The molecule has 3 rings (SSSR count). The first kappa shape index (κ1) is 22.3. The van der Waals surface area contributed by atoms with Crippen molar-refractivity contribution in [1.29, 1.82) is 0 Å². The van der Waals surface area contributed by atoms with Gasteiger partial charge in [0.1, 0.15) is 0 Å². The number of hydrogen-bond donors (Lipinski definition) is 1. The van der Waals surface area contributed by atoms with E-state index in [-0.39, 0.29) is 23.2 Å². The molecule has 0 aromatic heterocycles. The molecule has 0 spiro atoms. The average molecular weight is 432 g/mol. The van der Waals surface area contributed by atoms with E-state index in [1.165, 1.54) is 31.4 Å². The van der Waals surface area contributed by atoms with Crippen molar-refractivity contribution >= 4 is 27.1 Å². The molecule has 1 aliphatic rings. The minimum absolute atomic E-state index is 0.0896. The third-order valence-corrected chi connectivity index (χ3v) is 7.04. The van der Waals surface area contributed by atoms with Crippen molar-refractivity contribution in [3.8, 4) is 0 Å². The number of anilines is 2. The molecule has 0 saturated carbocycles. The van der Waals surface area contributed by atoms with Gasteiger partial charge in [-0.2, -0.15) is 0 Å². The topological polar surface area (TPSA) is 79.0 Å². The Hall–Kier alpha value is -2.42. The van der Waals surface area contributed by atoms with Gasteiger partial charge < -0.3 is 19.9 Å². The molecule has 2 aromatic rings. The van der Waals surface area contributed by atoms with E-state index in [9.17, 15) is 13.2 Å². The van der Waals surface area contributed by atoms with E-state index in [0.717, 1.165) is 44.1 Å². The molecule has 30 heavy (non-hydrogen) atoms. The van der Waals surface area contributed by atoms with E-state index in [0.29, 0.717) is 5.56 Å². The molecule has 0 radical (unpaired) electrons. The highest BCUT2D eigenvalue weighted by Crippen LogP contribution is 2.27. The molecule has 0 bridgehead atoms. The van der Waals surface area contributed by atoms with Gasteiger partial charge in [0.15, 0.2) is 9.84 Å². The SMILES string of the molecule is CCN1CCN(c2ccccc2NC(=O)c2ccc(S(=O)(=O)CCOC)cc2)CC1. The van der Waals surface area contributed by atoms with Crippen molar-refractivity contribution in [3.05, 3.63) is 54.1 Å². The van der Waals surface area contributed by atoms with Gasteiger partial charge in [-0.1, -0.05) is 19.1 Å². The molecule has 1 heterocycles. The lowest BCUT2D eigenvalue weighted by Crippen LogP contribution is -2.46. The molecule has 1 N–H and O–H groups in total. The number of nitrogens with one attached hydrogen (secondary N) is 1. The number of carbonyl (C=O) groups is 1. The average Bonchev–Trinajstić information content (AvgIpc) is 2.78. The number of benzene rings is 2. The first-order valence-corrected chi connectivity index (χ1v) is 11.8. The number of nitrogens with zero attached hydrogens (tertiary/aromatic N) is 2. The normalized spacial score (nSPS) is 15.2. The van der Waals surface area contributed by atoms with Gasteiger partial charge in [-0.15, -0.1) is 0 Å². The van der Waals surface area contributed by atoms with E-state index in [1.807, 2.05) is 24.3 Å². The van der Waals surface area contributed by atoms with Crippen LogP contribution in [-0.2, 0) is 14.6 Å². The molecule has 1 saturated heterocycles. The second kappa shape index (κ2) is 10.1. The van der Waals surface area contributed by atoms with Crippen molar-refractivity contribution < 1.29 is 17.9 Å². The summed E-state index contributed by atoms with van der Waals surface area (Å²) < 4.78 is 29.3. The number of ether oxygens (including phenoxy) is 1. The molecule has 8 heteroatoms. The lowest BCUT2D eigenvalue weighted by atomic mass is 10.1. The highest BCUT2D eigenvalue weighted by atomic mass is 32.2. The van der Waals surface area contributed by atoms with Gasteiger partial charge in [0.2, 0.25) is 0 Å². The van der Waals surface area contributed by atoms with Gasteiger partial charge in [0, 0.05) is 38.9 Å². The second-order valence-corrected chi connectivity index (χ2v) is 9.34. The summed E-state index contributed by atoms with van der Waals surface area (Å²) in [4.78, 5) is 17.6. The van der Waals surface area contributed by atoms with E-state index in [2.05, 4.69) is 22.0 Å². The molecule has 1 aliphatic heterocycles. The van der Waals surface area contributed by atoms with E-state index < -0.39 is 9.84 Å². The summed E-state index contributed by atoms with van der Waals surface area (Å²) in [5, 5.41) is 2.98. The summed E-state index contributed by atoms with van der Waals surface area (Å²) in [5.41, 5.74) is 2.16. The van der Waals surface area contributed by atoms with Gasteiger partial charge in [0.25, 0.3) is 5.91 Å². The van der Waals surface area contributed by atoms with Crippen LogP contribution in [0.25, 0.3) is 0 Å². The molecule has 7 nitrogen and oxygen atoms in total. The zero-order valence-corrected chi connectivity index (χ0v) is 18.3. The Balaban J connectivity index is 1.71. The van der Waals surface area contributed by atoms with Gasteiger partial charge in [-0.25, -0.2) is 8.42 Å². The minimum Gasteiger partial charge on any atom is -0.384 e. The number of rotatable bonds is 8. The summed E-state index contributed by atoms with van der Waals surface area (Å²) in [5.74, 6) is -0.358. The first-order valence-electron chi connectivity index (χ1n) is 10.1. The Morgan fingerprint density at radius 1 is 1.03 bits per heavy atom. The fraction of sp³-hybridized carbons (Fsp3) is 0.409. The van der Waals surface area contributed by atoms with Crippen LogP contribution in [0.4, 0.5) is 11.4 Å². The Morgan fingerprint density at radius 2 is 1.70 bits per heavy atom. The van der Waals surface area contributed by atoms with Crippen molar-refractivity contribution in [2.75, 3.05) is 62.4 Å². The summed E-state index contributed by atoms with van der Waals surface area (Å²) >= 11 is 0. The molecule has 1 fully saturated rings. The van der Waals surface area contributed by atoms with Gasteiger partial charge in [-0.05, 0) is 42.9 Å². The fourth-order valence-electron chi connectivity index (χ4n) is 3.48. The summed E-state index contributed by atoms with van der Waals surface area (Å²) in [6, 6.07) is 13.8. The molecule has 2 aromatic carbocycles. The summed E-state index contributed by atoms with van der Waals surface area (Å²) in [7, 11) is -1.96. The standard InChI is InChI=1S/C22H29N3O4S/c1-3-24-12-14-25(15-13-24)21-7-5-4-6-20(21)23-22(26)18-8-10-19(11-9-18)30(27,28)17-16-29-2/h4-11H,3,12-17H2,1-2H3,(H,23,26). The van der Waals surface area contributed by atoms with Gasteiger partial charge >= 0.3 is 0 Å². The molecule has 0 aliphatic carbocycles. The third-order valence-electron chi connectivity index (χ3n) is 5.34. The number of carbonyl (C=O) groups excluding carboxylic acids is 1. The summed E-state index contributed by atoms with van der Waals surface area (Å²) in [6.45, 7) is 7.16. The second-order valence-electron chi connectivity index (χ2n) is 7.23. The van der Waals surface area contributed by atoms with Crippen LogP contribution in [-0.4, -0.2) is 71.4 Å². The molecule has 0 atom stereocenters. The monoisotopic (exact) mass is 431 g/mol. The first-order chi connectivity index (χ1) is 14.4. The number of amides is 1. The van der Waals surface area contributed by atoms with Crippen molar-refractivity contribution in [1.82, 2.24) is 4.90 Å². The third kappa shape index (κ3) is 5.38. The van der Waals surface area contributed by atoms with Crippen LogP contribution in [0.5, 0.6) is 0 Å². The zero-order chi connectivity index (χ0) is 21.6. The maximum atomic E-state index is 12.8. The Kier molecular flexibility index (Phi) is 7.47. The number of hydrogen-bond acceptors (Lipinski definition) is 6. The largest absolute Gasteiger partial charge is 0.384 e. The van der Waals surface area contributed by atoms with Gasteiger partial charge in [-0.3, -0.25) is 4.79 Å². The lowest BCUT2D eigenvalue weighted by molar-refractivity contribution is 0.102. The van der Waals surface area contributed by atoms with Gasteiger partial charge in [0.05, 0.1) is 28.6 Å². The molecular weight excluding hydrogens is 402 g/mol. The van der Waals surface area contributed by atoms with Crippen molar-refractivity contribution in [3.63, 3.8) is 0 Å². The van der Waals surface area contributed by atoms with E-state index in [4.69, 9.17) is 4.74 Å². The minimum atomic E-state index is -3.42.